The smallest absolute Gasteiger partial charge is 0.328 e. The third-order valence-electron chi connectivity index (χ3n) is 4.33. The molecule has 0 amide bonds. The average Bonchev–Trinajstić information content (AvgIpc) is 2.93. The van der Waals surface area contributed by atoms with E-state index < -0.39 is 11.9 Å². The zero-order valence-corrected chi connectivity index (χ0v) is 15.7. The Kier molecular flexibility index (Phi) is 5.17. The number of nitriles is 1. The van der Waals surface area contributed by atoms with Gasteiger partial charge in [-0.1, -0.05) is 41.4 Å². The molecule has 0 aliphatic carbocycles. The van der Waals surface area contributed by atoms with Crippen molar-refractivity contribution in [2.45, 2.75) is 26.3 Å². The standard InChI is InChI=1S/C19H15Cl2N3O2/c1-11(19(25)26-10-22)13-6-7-14-12(2)23-24(18(14)8-13)9-15-16(20)4-3-5-17(15)21/h3-8,11H,9H2,1-2H3. The highest BCUT2D eigenvalue weighted by Crippen LogP contribution is 2.29. The topological polar surface area (TPSA) is 67.9 Å². The largest absolute Gasteiger partial charge is 0.351 e. The first-order valence-electron chi connectivity index (χ1n) is 7.92. The number of halogens is 2. The Bertz CT molecular complexity index is 1020. The first-order chi connectivity index (χ1) is 12.4. The van der Waals surface area contributed by atoms with E-state index in [1.807, 2.05) is 29.8 Å². The first kappa shape index (κ1) is 18.2. The van der Waals surface area contributed by atoms with Gasteiger partial charge in [0.1, 0.15) is 0 Å². The van der Waals surface area contributed by atoms with Crippen LogP contribution in [0.4, 0.5) is 0 Å². The third-order valence-corrected chi connectivity index (χ3v) is 5.04. The lowest BCUT2D eigenvalue weighted by Gasteiger charge is -2.11. The van der Waals surface area contributed by atoms with Crippen molar-refractivity contribution in [2.75, 3.05) is 0 Å². The monoisotopic (exact) mass is 387 g/mol. The maximum absolute atomic E-state index is 11.8. The van der Waals surface area contributed by atoms with Crippen molar-refractivity contribution >= 4 is 40.1 Å². The van der Waals surface area contributed by atoms with Crippen LogP contribution in [-0.2, 0) is 16.1 Å². The van der Waals surface area contributed by atoms with Crippen LogP contribution >= 0.6 is 23.2 Å². The molecule has 3 rings (SSSR count). The van der Waals surface area contributed by atoms with Crippen LogP contribution in [0.1, 0.15) is 29.7 Å². The second-order valence-electron chi connectivity index (χ2n) is 5.95. The summed E-state index contributed by atoms with van der Waals surface area (Å²) >= 11 is 12.6. The van der Waals surface area contributed by atoms with Crippen molar-refractivity contribution in [3.63, 3.8) is 0 Å². The van der Waals surface area contributed by atoms with Gasteiger partial charge in [0.25, 0.3) is 6.26 Å². The molecule has 0 aliphatic rings. The van der Waals surface area contributed by atoms with Gasteiger partial charge in [-0.15, -0.1) is 5.26 Å². The SMILES string of the molecule is Cc1nn(Cc2c(Cl)cccc2Cl)c2cc(C(C)C(=O)OC#N)ccc12. The van der Waals surface area contributed by atoms with Gasteiger partial charge in [-0.3, -0.25) is 9.48 Å². The van der Waals surface area contributed by atoms with Gasteiger partial charge < -0.3 is 4.74 Å². The lowest BCUT2D eigenvalue weighted by Crippen LogP contribution is -2.10. The van der Waals surface area contributed by atoms with Crippen LogP contribution in [0.15, 0.2) is 36.4 Å². The summed E-state index contributed by atoms with van der Waals surface area (Å²) in [5.41, 5.74) is 3.24. The summed E-state index contributed by atoms with van der Waals surface area (Å²) in [6.07, 6.45) is 1.42. The van der Waals surface area contributed by atoms with Crippen molar-refractivity contribution in [1.82, 2.24) is 9.78 Å². The average molecular weight is 388 g/mol. The number of hydrogen-bond acceptors (Lipinski definition) is 4. The summed E-state index contributed by atoms with van der Waals surface area (Å²) in [4.78, 5) is 11.8. The Balaban J connectivity index is 2.05. The molecule has 0 bridgehead atoms. The lowest BCUT2D eigenvalue weighted by atomic mass is 10.00. The Labute approximate surface area is 160 Å². The van der Waals surface area contributed by atoms with Gasteiger partial charge in [0.05, 0.1) is 23.7 Å². The van der Waals surface area contributed by atoms with Gasteiger partial charge in [-0.2, -0.15) is 5.10 Å². The van der Waals surface area contributed by atoms with Gasteiger partial charge in [0, 0.05) is 21.0 Å². The number of hydrogen-bond donors (Lipinski definition) is 0. The van der Waals surface area contributed by atoms with Crippen molar-refractivity contribution in [2.24, 2.45) is 0 Å². The molecule has 3 aromatic rings. The molecule has 2 aromatic carbocycles. The molecule has 26 heavy (non-hydrogen) atoms. The summed E-state index contributed by atoms with van der Waals surface area (Å²) in [6, 6.07) is 11.0. The number of fused-ring (bicyclic) bond motifs is 1. The maximum Gasteiger partial charge on any atom is 0.328 e. The number of carbonyl (C=O) groups is 1. The van der Waals surface area contributed by atoms with Crippen LogP contribution in [0.2, 0.25) is 10.0 Å². The molecule has 0 aliphatic heterocycles. The quantitative estimate of drug-likeness (QED) is 0.474. The van der Waals surface area contributed by atoms with E-state index in [2.05, 4.69) is 9.84 Å². The summed E-state index contributed by atoms with van der Waals surface area (Å²) in [6.45, 7) is 4.02. The van der Waals surface area contributed by atoms with Crippen LogP contribution in [0, 0.1) is 18.4 Å². The predicted octanol–water partition coefficient (Wildman–Crippen LogP) is 4.83. The zero-order chi connectivity index (χ0) is 18.8. The van der Waals surface area contributed by atoms with E-state index in [1.54, 1.807) is 25.1 Å². The molecule has 0 saturated heterocycles. The molecular formula is C19H15Cl2N3O2. The van der Waals surface area contributed by atoms with Gasteiger partial charge >= 0.3 is 5.97 Å². The van der Waals surface area contributed by atoms with E-state index in [0.717, 1.165) is 27.7 Å². The van der Waals surface area contributed by atoms with Gasteiger partial charge in [0.2, 0.25) is 0 Å². The molecule has 0 spiro atoms. The fraction of sp³-hybridized carbons (Fsp3) is 0.211. The number of ether oxygens (including phenoxy) is 1. The van der Waals surface area contributed by atoms with Gasteiger partial charge in [0.15, 0.2) is 0 Å². The molecule has 1 aromatic heterocycles. The second kappa shape index (κ2) is 7.36. The Morgan fingerprint density at radius 1 is 1.31 bits per heavy atom. The number of aryl methyl sites for hydroxylation is 1. The molecule has 0 fully saturated rings. The maximum atomic E-state index is 11.8. The molecule has 5 nitrogen and oxygen atoms in total. The molecule has 0 saturated carbocycles. The van der Waals surface area contributed by atoms with Gasteiger partial charge in [-0.25, -0.2) is 0 Å². The summed E-state index contributed by atoms with van der Waals surface area (Å²) in [5.74, 6) is -1.16. The molecule has 1 atom stereocenters. The minimum absolute atomic E-state index is 0.406. The van der Waals surface area contributed by atoms with E-state index >= 15 is 0 Å². The third kappa shape index (κ3) is 3.39. The van der Waals surface area contributed by atoms with E-state index in [1.165, 1.54) is 6.26 Å². The highest BCUT2D eigenvalue weighted by molar-refractivity contribution is 6.36. The van der Waals surface area contributed by atoms with Gasteiger partial charge in [-0.05, 0) is 37.6 Å². The van der Waals surface area contributed by atoms with Crippen LogP contribution in [-0.4, -0.2) is 15.7 Å². The fourth-order valence-corrected chi connectivity index (χ4v) is 3.37. The minimum Gasteiger partial charge on any atom is -0.351 e. The number of carbonyl (C=O) groups excluding carboxylic acids is 1. The zero-order valence-electron chi connectivity index (χ0n) is 14.2. The Morgan fingerprint density at radius 3 is 2.65 bits per heavy atom. The number of aromatic nitrogens is 2. The highest BCUT2D eigenvalue weighted by Gasteiger charge is 2.19. The molecular weight excluding hydrogens is 373 g/mol. The lowest BCUT2D eigenvalue weighted by molar-refractivity contribution is -0.138. The van der Waals surface area contributed by atoms with Crippen LogP contribution in [0.3, 0.4) is 0 Å². The van der Waals surface area contributed by atoms with Crippen LogP contribution in [0.5, 0.6) is 0 Å². The minimum atomic E-state index is -0.594. The Hall–Kier alpha value is -2.55. The van der Waals surface area contributed by atoms with Crippen molar-refractivity contribution in [3.8, 4) is 6.26 Å². The number of rotatable bonds is 4. The van der Waals surface area contributed by atoms with Crippen molar-refractivity contribution in [1.29, 1.82) is 5.26 Å². The van der Waals surface area contributed by atoms with E-state index in [-0.39, 0.29) is 0 Å². The first-order valence-corrected chi connectivity index (χ1v) is 8.67. The summed E-state index contributed by atoms with van der Waals surface area (Å²) in [5, 5.41) is 15.2. The molecule has 132 valence electrons. The fourth-order valence-electron chi connectivity index (χ4n) is 2.85. The predicted molar refractivity (Wildman–Crippen MR) is 100 cm³/mol. The molecule has 1 unspecified atom stereocenters. The molecule has 0 N–H and O–H groups in total. The molecule has 1 heterocycles. The van der Waals surface area contributed by atoms with E-state index in [9.17, 15) is 4.79 Å². The van der Waals surface area contributed by atoms with Crippen LogP contribution < -0.4 is 0 Å². The van der Waals surface area contributed by atoms with E-state index in [0.29, 0.717) is 16.6 Å². The summed E-state index contributed by atoms with van der Waals surface area (Å²) in [7, 11) is 0. The highest BCUT2D eigenvalue weighted by atomic mass is 35.5. The van der Waals surface area contributed by atoms with Crippen LogP contribution in [0.25, 0.3) is 10.9 Å². The van der Waals surface area contributed by atoms with Crippen molar-refractivity contribution in [3.05, 3.63) is 63.3 Å². The van der Waals surface area contributed by atoms with Crippen molar-refractivity contribution < 1.29 is 9.53 Å². The Morgan fingerprint density at radius 2 is 2.00 bits per heavy atom. The number of benzene rings is 2. The number of nitrogens with zero attached hydrogens (tertiary/aromatic N) is 3. The summed E-state index contributed by atoms with van der Waals surface area (Å²) < 4.78 is 6.25. The molecule has 0 radical (unpaired) electrons. The normalized spacial score (nSPS) is 12.0. The van der Waals surface area contributed by atoms with E-state index in [4.69, 9.17) is 28.5 Å². The molecule has 7 heteroatoms. The second-order valence-corrected chi connectivity index (χ2v) is 6.77. The number of esters is 1.